The summed E-state index contributed by atoms with van der Waals surface area (Å²) >= 11 is 11.2. The fourth-order valence-electron chi connectivity index (χ4n) is 2.10. The number of carboxylic acids is 1. The second-order valence-corrected chi connectivity index (χ2v) is 5.39. The van der Waals surface area contributed by atoms with Gasteiger partial charge in [-0.15, -0.1) is 0 Å². The number of anilines is 1. The lowest BCUT2D eigenvalue weighted by atomic mass is 10.2. The van der Waals surface area contributed by atoms with Gasteiger partial charge in [-0.1, -0.05) is 23.2 Å². The van der Waals surface area contributed by atoms with Crippen LogP contribution in [0.4, 0.5) is 14.9 Å². The number of urea groups is 1. The van der Waals surface area contributed by atoms with Crippen LogP contribution in [0.5, 0.6) is 0 Å². The maximum Gasteiger partial charge on any atom is 0.326 e. The molecule has 2 rings (SSSR count). The number of rotatable bonds is 2. The predicted molar refractivity (Wildman–Crippen MR) is 74.2 cm³/mol. The number of hydrogen-bond donors (Lipinski definition) is 3. The molecule has 0 aliphatic carbocycles. The van der Waals surface area contributed by atoms with Crippen molar-refractivity contribution in [2.24, 2.45) is 0 Å². The van der Waals surface area contributed by atoms with E-state index in [0.717, 1.165) is 17.0 Å². The van der Waals surface area contributed by atoms with Gasteiger partial charge in [0.15, 0.2) is 5.82 Å². The van der Waals surface area contributed by atoms with Crippen molar-refractivity contribution < 1.29 is 24.2 Å². The zero-order chi connectivity index (χ0) is 15.7. The summed E-state index contributed by atoms with van der Waals surface area (Å²) in [6, 6.07) is 0.454. The topological polar surface area (TPSA) is 89.9 Å². The summed E-state index contributed by atoms with van der Waals surface area (Å²) in [5, 5.41) is 20.3. The number of hydrogen-bond acceptors (Lipinski definition) is 3. The molecule has 1 aromatic rings. The van der Waals surface area contributed by atoms with Gasteiger partial charge >= 0.3 is 12.0 Å². The van der Waals surface area contributed by atoms with E-state index in [0.29, 0.717) is 0 Å². The highest BCUT2D eigenvalue weighted by Gasteiger charge is 2.39. The molecular formula is C12H11Cl2FN2O4. The lowest BCUT2D eigenvalue weighted by Crippen LogP contribution is -2.43. The first-order valence-electron chi connectivity index (χ1n) is 5.92. The van der Waals surface area contributed by atoms with Crippen LogP contribution in [0.1, 0.15) is 6.42 Å². The van der Waals surface area contributed by atoms with Gasteiger partial charge in [0.25, 0.3) is 0 Å². The summed E-state index contributed by atoms with van der Waals surface area (Å²) in [6.45, 7) is -0.106. The number of β-amino-alcohol motifs (C(OH)–C–C–N with tert-alkyl or cyclic N) is 1. The van der Waals surface area contributed by atoms with Crippen molar-refractivity contribution in [3.8, 4) is 0 Å². The summed E-state index contributed by atoms with van der Waals surface area (Å²) in [5.74, 6) is -2.02. The van der Waals surface area contributed by atoms with E-state index in [9.17, 15) is 19.1 Å². The number of aliphatic hydroxyl groups excluding tert-OH is 1. The standard InChI is InChI=1S/C12H11Cl2FN2O4/c13-7-1-5(2-8(14)10(7)15)16-12(21)17-4-6(18)3-9(17)11(19)20/h1-2,6,9,18H,3-4H2,(H,16,21)(H,19,20)/t6-,9-/m1/s1. The molecule has 9 heteroatoms. The number of likely N-dealkylation sites (tertiary alicyclic amines) is 1. The molecule has 0 radical (unpaired) electrons. The monoisotopic (exact) mass is 336 g/mol. The number of aliphatic hydroxyl groups is 1. The van der Waals surface area contributed by atoms with E-state index in [1.807, 2.05) is 0 Å². The number of nitrogens with one attached hydrogen (secondary N) is 1. The molecule has 114 valence electrons. The van der Waals surface area contributed by atoms with Crippen molar-refractivity contribution >= 4 is 40.9 Å². The number of carbonyl (C=O) groups is 2. The van der Waals surface area contributed by atoms with Crippen molar-refractivity contribution in [1.82, 2.24) is 4.90 Å². The minimum atomic E-state index is -1.21. The van der Waals surface area contributed by atoms with E-state index in [1.54, 1.807) is 0 Å². The summed E-state index contributed by atoms with van der Waals surface area (Å²) < 4.78 is 13.3. The minimum absolute atomic E-state index is 0.0479. The molecule has 2 atom stereocenters. The molecule has 2 amide bonds. The Bertz CT molecular complexity index is 576. The molecule has 3 N–H and O–H groups in total. The number of carboxylic acid groups (broad SMARTS) is 1. The summed E-state index contributed by atoms with van der Waals surface area (Å²) in [4.78, 5) is 24.1. The van der Waals surface area contributed by atoms with Gasteiger partial charge in [-0.25, -0.2) is 14.0 Å². The highest BCUT2D eigenvalue weighted by molar-refractivity contribution is 6.35. The maximum absolute atomic E-state index is 13.3. The second kappa shape index (κ2) is 6.05. The minimum Gasteiger partial charge on any atom is -0.480 e. The number of aliphatic carboxylic acids is 1. The third kappa shape index (κ3) is 3.37. The van der Waals surface area contributed by atoms with Crippen molar-refractivity contribution in [3.05, 3.63) is 28.0 Å². The third-order valence-corrected chi connectivity index (χ3v) is 3.61. The number of halogens is 3. The second-order valence-electron chi connectivity index (χ2n) is 4.58. The normalized spacial score (nSPS) is 21.4. The zero-order valence-electron chi connectivity index (χ0n) is 10.5. The molecular weight excluding hydrogens is 326 g/mol. The smallest absolute Gasteiger partial charge is 0.326 e. The van der Waals surface area contributed by atoms with Gasteiger partial charge in [-0.2, -0.15) is 0 Å². The van der Waals surface area contributed by atoms with Gasteiger partial charge in [-0.05, 0) is 12.1 Å². The van der Waals surface area contributed by atoms with E-state index >= 15 is 0 Å². The van der Waals surface area contributed by atoms with Crippen LogP contribution in [-0.4, -0.2) is 45.8 Å². The molecule has 1 aliphatic rings. The van der Waals surface area contributed by atoms with Crippen LogP contribution in [0.25, 0.3) is 0 Å². The van der Waals surface area contributed by atoms with E-state index in [1.165, 1.54) is 0 Å². The molecule has 1 aromatic carbocycles. The molecule has 1 saturated heterocycles. The number of benzene rings is 1. The Morgan fingerprint density at radius 2 is 1.90 bits per heavy atom. The van der Waals surface area contributed by atoms with Crippen LogP contribution in [-0.2, 0) is 4.79 Å². The van der Waals surface area contributed by atoms with Crippen LogP contribution >= 0.6 is 23.2 Å². The van der Waals surface area contributed by atoms with E-state index in [-0.39, 0.29) is 28.7 Å². The van der Waals surface area contributed by atoms with Crippen LogP contribution in [0.3, 0.4) is 0 Å². The average molecular weight is 337 g/mol. The lowest BCUT2D eigenvalue weighted by molar-refractivity contribution is -0.141. The average Bonchev–Trinajstić information content (AvgIpc) is 2.78. The molecule has 21 heavy (non-hydrogen) atoms. The fourth-order valence-corrected chi connectivity index (χ4v) is 2.58. The van der Waals surface area contributed by atoms with Crippen molar-refractivity contribution in [1.29, 1.82) is 0 Å². The summed E-state index contributed by atoms with van der Waals surface area (Å²) in [5.41, 5.74) is 0.127. The first-order valence-corrected chi connectivity index (χ1v) is 6.68. The van der Waals surface area contributed by atoms with Crippen LogP contribution < -0.4 is 5.32 Å². The van der Waals surface area contributed by atoms with Gasteiger partial charge in [-0.3, -0.25) is 0 Å². The summed E-state index contributed by atoms with van der Waals surface area (Å²) in [7, 11) is 0. The Morgan fingerprint density at radius 1 is 1.33 bits per heavy atom. The van der Waals surface area contributed by atoms with Gasteiger partial charge in [0.05, 0.1) is 16.1 Å². The van der Waals surface area contributed by atoms with Crippen LogP contribution in [0.2, 0.25) is 10.0 Å². The lowest BCUT2D eigenvalue weighted by Gasteiger charge is -2.21. The number of carbonyl (C=O) groups excluding carboxylic acids is 1. The third-order valence-electron chi connectivity index (χ3n) is 3.06. The van der Waals surface area contributed by atoms with Crippen LogP contribution in [0.15, 0.2) is 12.1 Å². The number of nitrogens with zero attached hydrogens (tertiary/aromatic N) is 1. The Labute approximate surface area is 129 Å². The zero-order valence-corrected chi connectivity index (χ0v) is 12.0. The summed E-state index contributed by atoms with van der Waals surface area (Å²) in [6.07, 6.45) is -0.953. The molecule has 1 fully saturated rings. The Hall–Kier alpha value is -1.57. The van der Waals surface area contributed by atoms with Crippen molar-refractivity contribution in [3.63, 3.8) is 0 Å². The van der Waals surface area contributed by atoms with Crippen molar-refractivity contribution in [2.75, 3.05) is 11.9 Å². The largest absolute Gasteiger partial charge is 0.480 e. The molecule has 1 heterocycles. The Balaban J connectivity index is 2.16. The maximum atomic E-state index is 13.3. The Kier molecular flexibility index (Phi) is 4.55. The van der Waals surface area contributed by atoms with Gasteiger partial charge < -0.3 is 20.4 Å². The molecule has 0 saturated carbocycles. The molecule has 6 nitrogen and oxygen atoms in total. The molecule has 0 bridgehead atoms. The highest BCUT2D eigenvalue weighted by atomic mass is 35.5. The van der Waals surface area contributed by atoms with E-state index < -0.39 is 30.0 Å². The predicted octanol–water partition coefficient (Wildman–Crippen LogP) is 2.18. The first-order chi connectivity index (χ1) is 9.79. The SMILES string of the molecule is O=C(O)[C@H]1C[C@@H](O)CN1C(=O)Nc1cc(Cl)c(F)c(Cl)c1. The molecule has 0 spiro atoms. The van der Waals surface area contributed by atoms with Gasteiger partial charge in [0.2, 0.25) is 0 Å². The van der Waals surface area contributed by atoms with Crippen LogP contribution in [0, 0.1) is 5.82 Å². The van der Waals surface area contributed by atoms with Gasteiger partial charge in [0, 0.05) is 18.7 Å². The van der Waals surface area contributed by atoms with Crippen molar-refractivity contribution in [2.45, 2.75) is 18.6 Å². The van der Waals surface area contributed by atoms with E-state index in [4.69, 9.17) is 28.3 Å². The van der Waals surface area contributed by atoms with E-state index in [2.05, 4.69) is 5.32 Å². The first kappa shape index (κ1) is 15.8. The number of amides is 2. The fraction of sp³-hybridized carbons (Fsp3) is 0.333. The quantitative estimate of drug-likeness (QED) is 0.722. The highest BCUT2D eigenvalue weighted by Crippen LogP contribution is 2.28. The molecule has 0 aromatic heterocycles. The molecule has 1 aliphatic heterocycles. The van der Waals surface area contributed by atoms with Gasteiger partial charge in [0.1, 0.15) is 6.04 Å². The Morgan fingerprint density at radius 3 is 2.43 bits per heavy atom. The molecule has 0 unspecified atom stereocenters.